The number of aromatic nitrogens is 2. The topological polar surface area (TPSA) is 93.3 Å². The summed E-state index contributed by atoms with van der Waals surface area (Å²) in [6.45, 7) is 0.541. The van der Waals surface area contributed by atoms with E-state index in [0.717, 1.165) is 5.56 Å². The van der Waals surface area contributed by atoms with E-state index in [1.807, 2.05) is 30.3 Å². The lowest BCUT2D eigenvalue weighted by atomic mass is 10.2. The van der Waals surface area contributed by atoms with Gasteiger partial charge in [-0.15, -0.1) is 4.91 Å². The fourth-order valence-corrected chi connectivity index (χ4v) is 1.39. The van der Waals surface area contributed by atoms with Crippen molar-refractivity contribution in [1.82, 2.24) is 9.97 Å². The van der Waals surface area contributed by atoms with Gasteiger partial charge < -0.3 is 11.1 Å². The highest BCUT2D eigenvalue weighted by Gasteiger charge is 2.08. The zero-order valence-electron chi connectivity index (χ0n) is 9.00. The fourth-order valence-electron chi connectivity index (χ4n) is 1.39. The highest BCUT2D eigenvalue weighted by atomic mass is 16.3. The highest BCUT2D eigenvalue weighted by molar-refractivity contribution is 5.71. The number of nitrogens with two attached hydrogens (primary N) is 1. The van der Waals surface area contributed by atoms with Gasteiger partial charge in [0.15, 0.2) is 17.3 Å². The van der Waals surface area contributed by atoms with Gasteiger partial charge in [-0.25, -0.2) is 9.97 Å². The molecule has 1 aromatic carbocycles. The van der Waals surface area contributed by atoms with E-state index in [-0.39, 0.29) is 11.5 Å². The molecule has 0 aliphatic rings. The van der Waals surface area contributed by atoms with Crippen LogP contribution in [0.3, 0.4) is 0 Å². The van der Waals surface area contributed by atoms with Crippen LogP contribution in [0, 0.1) is 4.91 Å². The molecule has 0 spiro atoms. The molecule has 0 aliphatic heterocycles. The van der Waals surface area contributed by atoms with Crippen molar-refractivity contribution in [3.63, 3.8) is 0 Å². The van der Waals surface area contributed by atoms with Gasteiger partial charge in [0.2, 0.25) is 0 Å². The zero-order valence-corrected chi connectivity index (χ0v) is 9.00. The summed E-state index contributed by atoms with van der Waals surface area (Å²) in [5.74, 6) is 0.418. The Morgan fingerprint density at radius 2 is 2.00 bits per heavy atom. The van der Waals surface area contributed by atoms with Crippen molar-refractivity contribution in [1.29, 1.82) is 0 Å². The van der Waals surface area contributed by atoms with Crippen LogP contribution in [0.2, 0.25) is 0 Å². The molecule has 0 bridgehead atoms. The fraction of sp³-hybridized carbons (Fsp3) is 0.0909. The summed E-state index contributed by atoms with van der Waals surface area (Å²) in [5, 5.41) is 5.82. The molecule has 0 aliphatic carbocycles. The van der Waals surface area contributed by atoms with Crippen molar-refractivity contribution < 1.29 is 0 Å². The van der Waals surface area contributed by atoms with Gasteiger partial charge in [-0.3, -0.25) is 0 Å². The molecule has 1 heterocycles. The molecular formula is C11H11N5O. The minimum Gasteiger partial charge on any atom is -0.382 e. The summed E-state index contributed by atoms with van der Waals surface area (Å²) in [6, 6.07) is 9.73. The molecule has 0 unspecified atom stereocenters. The average Bonchev–Trinajstić information content (AvgIpc) is 2.37. The SMILES string of the molecule is Nc1ncnc(NCc2ccccc2)c1N=O. The molecule has 2 rings (SSSR count). The third kappa shape index (κ3) is 2.54. The lowest BCUT2D eigenvalue weighted by Crippen LogP contribution is -2.03. The highest BCUT2D eigenvalue weighted by Crippen LogP contribution is 2.27. The Labute approximate surface area is 97.9 Å². The molecule has 6 heteroatoms. The summed E-state index contributed by atoms with van der Waals surface area (Å²) in [4.78, 5) is 18.2. The molecule has 6 nitrogen and oxygen atoms in total. The number of nitrogen functional groups attached to an aromatic ring is 1. The van der Waals surface area contributed by atoms with E-state index < -0.39 is 0 Å². The molecule has 0 atom stereocenters. The number of nitrogens with one attached hydrogen (secondary N) is 1. The Hall–Kier alpha value is -2.50. The van der Waals surface area contributed by atoms with E-state index in [2.05, 4.69) is 20.5 Å². The summed E-state index contributed by atoms with van der Waals surface area (Å²) in [5.41, 5.74) is 6.63. The smallest absolute Gasteiger partial charge is 0.192 e. The van der Waals surface area contributed by atoms with Crippen LogP contribution >= 0.6 is 0 Å². The lowest BCUT2D eigenvalue weighted by Gasteiger charge is -2.07. The molecular weight excluding hydrogens is 218 g/mol. The Morgan fingerprint density at radius 1 is 1.24 bits per heavy atom. The van der Waals surface area contributed by atoms with Gasteiger partial charge in [0.25, 0.3) is 0 Å². The second-order valence-electron chi connectivity index (χ2n) is 3.39. The van der Waals surface area contributed by atoms with E-state index in [0.29, 0.717) is 12.4 Å². The van der Waals surface area contributed by atoms with Gasteiger partial charge in [-0.1, -0.05) is 30.3 Å². The standard InChI is InChI=1S/C11H11N5O/c12-10-9(16-17)11(15-7-14-10)13-6-8-4-2-1-3-5-8/h1-5,7H,6H2,(H3,12,13,14,15). The van der Waals surface area contributed by atoms with E-state index in [1.54, 1.807) is 0 Å². The second kappa shape index (κ2) is 5.02. The number of hydrogen-bond acceptors (Lipinski definition) is 6. The predicted molar refractivity (Wildman–Crippen MR) is 65.7 cm³/mol. The molecule has 0 saturated carbocycles. The van der Waals surface area contributed by atoms with Crippen LogP contribution in [0.25, 0.3) is 0 Å². The quantitative estimate of drug-likeness (QED) is 0.783. The summed E-state index contributed by atoms with van der Waals surface area (Å²) in [7, 11) is 0. The maximum Gasteiger partial charge on any atom is 0.192 e. The zero-order chi connectivity index (χ0) is 12.1. The molecule has 0 radical (unpaired) electrons. The van der Waals surface area contributed by atoms with E-state index in [4.69, 9.17) is 5.73 Å². The maximum atomic E-state index is 10.6. The molecule has 3 N–H and O–H groups in total. The molecule has 2 aromatic rings. The number of nitroso groups, excluding NO2 is 1. The van der Waals surface area contributed by atoms with Gasteiger partial charge in [0, 0.05) is 6.54 Å². The number of rotatable bonds is 4. The molecule has 0 fully saturated rings. The third-order valence-electron chi connectivity index (χ3n) is 2.24. The maximum absolute atomic E-state index is 10.6. The van der Waals surface area contributed by atoms with Crippen molar-refractivity contribution in [3.05, 3.63) is 47.1 Å². The van der Waals surface area contributed by atoms with E-state index in [9.17, 15) is 4.91 Å². The van der Waals surface area contributed by atoms with Gasteiger partial charge >= 0.3 is 0 Å². The number of anilines is 2. The first kappa shape index (κ1) is 11.0. The van der Waals surface area contributed by atoms with Crippen molar-refractivity contribution in [2.45, 2.75) is 6.54 Å². The number of hydrogen-bond donors (Lipinski definition) is 2. The van der Waals surface area contributed by atoms with Crippen molar-refractivity contribution in [2.75, 3.05) is 11.1 Å². The molecule has 0 saturated heterocycles. The first-order valence-corrected chi connectivity index (χ1v) is 5.03. The van der Waals surface area contributed by atoms with Crippen LogP contribution in [-0.4, -0.2) is 9.97 Å². The van der Waals surface area contributed by atoms with Gasteiger partial charge in [0.05, 0.1) is 0 Å². The van der Waals surface area contributed by atoms with Gasteiger partial charge in [-0.2, -0.15) is 0 Å². The first-order chi connectivity index (χ1) is 8.31. The Morgan fingerprint density at radius 3 is 2.71 bits per heavy atom. The van der Waals surface area contributed by atoms with E-state index in [1.165, 1.54) is 6.33 Å². The summed E-state index contributed by atoms with van der Waals surface area (Å²) < 4.78 is 0. The molecule has 0 amide bonds. The average molecular weight is 229 g/mol. The minimum atomic E-state index is 0.0448. The van der Waals surface area contributed by atoms with Crippen molar-refractivity contribution >= 4 is 17.3 Å². The van der Waals surface area contributed by atoms with Crippen LogP contribution in [0.5, 0.6) is 0 Å². The molecule has 17 heavy (non-hydrogen) atoms. The van der Waals surface area contributed by atoms with Crippen LogP contribution in [-0.2, 0) is 6.54 Å². The van der Waals surface area contributed by atoms with Crippen molar-refractivity contribution in [3.8, 4) is 0 Å². The van der Waals surface area contributed by atoms with E-state index >= 15 is 0 Å². The van der Waals surface area contributed by atoms with Crippen LogP contribution < -0.4 is 11.1 Å². The molecule has 86 valence electrons. The van der Waals surface area contributed by atoms with Gasteiger partial charge in [0.1, 0.15) is 6.33 Å². The normalized spacial score (nSPS) is 9.88. The Kier molecular flexibility index (Phi) is 3.25. The van der Waals surface area contributed by atoms with Crippen LogP contribution in [0.15, 0.2) is 41.8 Å². The second-order valence-corrected chi connectivity index (χ2v) is 3.39. The summed E-state index contributed by atoms with van der Waals surface area (Å²) in [6.07, 6.45) is 1.29. The predicted octanol–water partition coefficient (Wildman–Crippen LogP) is 2.07. The lowest BCUT2D eigenvalue weighted by molar-refractivity contribution is 1.08. The monoisotopic (exact) mass is 229 g/mol. The number of nitrogens with zero attached hydrogens (tertiary/aromatic N) is 3. The minimum absolute atomic E-state index is 0.0448. The van der Waals surface area contributed by atoms with Crippen LogP contribution in [0.1, 0.15) is 5.56 Å². The van der Waals surface area contributed by atoms with Crippen LogP contribution in [0.4, 0.5) is 17.3 Å². The number of benzene rings is 1. The summed E-state index contributed by atoms with van der Waals surface area (Å²) >= 11 is 0. The first-order valence-electron chi connectivity index (χ1n) is 5.03. The Bertz CT molecular complexity index is 515. The largest absolute Gasteiger partial charge is 0.382 e. The third-order valence-corrected chi connectivity index (χ3v) is 2.24. The molecule has 1 aromatic heterocycles. The Balaban J connectivity index is 2.14. The van der Waals surface area contributed by atoms with Crippen molar-refractivity contribution in [2.24, 2.45) is 5.18 Å². The van der Waals surface area contributed by atoms with Gasteiger partial charge in [-0.05, 0) is 10.7 Å².